The third kappa shape index (κ3) is 4.51. The lowest BCUT2D eigenvalue weighted by atomic mass is 10.2. The minimum Gasteiger partial charge on any atom is -0.486 e. The Kier molecular flexibility index (Phi) is 6.08. The molecule has 0 aliphatic carbocycles. The maximum absolute atomic E-state index is 12.6. The Balaban J connectivity index is 1.26. The molecular weight excluding hydrogens is 406 g/mol. The van der Waals surface area contributed by atoms with Crippen molar-refractivity contribution in [2.45, 2.75) is 17.7 Å². The topological polar surface area (TPSA) is 97.0 Å². The SMILES string of the molecule is O=C(CCC(=O)N1CCSc2ccccc21)NNC(=O)c1ccc2c(c1)OCCO2. The molecule has 2 aliphatic rings. The maximum Gasteiger partial charge on any atom is 0.269 e. The summed E-state index contributed by atoms with van der Waals surface area (Å²) in [7, 11) is 0. The second kappa shape index (κ2) is 9.08. The van der Waals surface area contributed by atoms with Gasteiger partial charge in [-0.1, -0.05) is 12.1 Å². The fourth-order valence-corrected chi connectivity index (χ4v) is 4.22. The van der Waals surface area contributed by atoms with Crippen molar-refractivity contribution in [3.63, 3.8) is 0 Å². The van der Waals surface area contributed by atoms with Crippen LogP contribution in [0.4, 0.5) is 5.69 Å². The van der Waals surface area contributed by atoms with Gasteiger partial charge in [-0.15, -0.1) is 11.8 Å². The average molecular weight is 427 g/mol. The molecule has 2 aromatic rings. The molecule has 2 N–H and O–H groups in total. The first kappa shape index (κ1) is 20.1. The van der Waals surface area contributed by atoms with Crippen LogP contribution in [0, 0.1) is 0 Å². The summed E-state index contributed by atoms with van der Waals surface area (Å²) < 4.78 is 10.9. The number of ether oxygens (including phenoxy) is 2. The molecule has 0 bridgehead atoms. The number of amides is 3. The highest BCUT2D eigenvalue weighted by Gasteiger charge is 2.23. The molecule has 3 amide bonds. The predicted molar refractivity (Wildman–Crippen MR) is 112 cm³/mol. The van der Waals surface area contributed by atoms with Crippen LogP contribution in [0.25, 0.3) is 0 Å². The van der Waals surface area contributed by atoms with Crippen molar-refractivity contribution in [1.82, 2.24) is 10.9 Å². The van der Waals surface area contributed by atoms with Crippen molar-refractivity contribution in [3.8, 4) is 11.5 Å². The van der Waals surface area contributed by atoms with E-state index in [-0.39, 0.29) is 18.7 Å². The number of nitrogens with zero attached hydrogens (tertiary/aromatic N) is 1. The molecule has 2 heterocycles. The van der Waals surface area contributed by atoms with Crippen LogP contribution in [0.1, 0.15) is 23.2 Å². The Morgan fingerprint density at radius 2 is 1.77 bits per heavy atom. The van der Waals surface area contributed by atoms with Gasteiger partial charge in [0.05, 0.1) is 5.69 Å². The Hall–Kier alpha value is -3.20. The molecule has 0 saturated heterocycles. The largest absolute Gasteiger partial charge is 0.486 e. The number of rotatable bonds is 4. The number of fused-ring (bicyclic) bond motifs is 2. The smallest absolute Gasteiger partial charge is 0.269 e. The number of hydrogen-bond acceptors (Lipinski definition) is 6. The van der Waals surface area contributed by atoms with Crippen LogP contribution in [0.15, 0.2) is 47.4 Å². The molecule has 2 aliphatic heterocycles. The van der Waals surface area contributed by atoms with Gasteiger partial charge in [-0.25, -0.2) is 0 Å². The molecule has 0 unspecified atom stereocenters. The first-order chi connectivity index (χ1) is 14.6. The third-order valence-electron chi connectivity index (χ3n) is 4.72. The number of anilines is 1. The van der Waals surface area contributed by atoms with E-state index in [2.05, 4.69) is 10.9 Å². The zero-order valence-corrected chi connectivity index (χ0v) is 17.0. The number of nitrogens with one attached hydrogen (secondary N) is 2. The van der Waals surface area contributed by atoms with Gasteiger partial charge in [-0.2, -0.15) is 0 Å². The lowest BCUT2D eigenvalue weighted by Crippen LogP contribution is -2.42. The van der Waals surface area contributed by atoms with Gasteiger partial charge >= 0.3 is 0 Å². The van der Waals surface area contributed by atoms with Gasteiger partial charge in [0.15, 0.2) is 11.5 Å². The molecular formula is C21H21N3O5S. The average Bonchev–Trinajstić information content (AvgIpc) is 2.80. The van der Waals surface area contributed by atoms with Crippen LogP contribution in [-0.2, 0) is 9.59 Å². The zero-order valence-electron chi connectivity index (χ0n) is 16.2. The van der Waals surface area contributed by atoms with Crippen LogP contribution in [0.5, 0.6) is 11.5 Å². The molecule has 4 rings (SSSR count). The summed E-state index contributed by atoms with van der Waals surface area (Å²) in [6, 6.07) is 12.5. The first-order valence-corrected chi connectivity index (χ1v) is 10.6. The standard InChI is InChI=1S/C21H21N3O5S/c25-19(7-8-20(26)24-9-12-30-18-4-2-1-3-15(18)24)22-23-21(27)14-5-6-16-17(13-14)29-11-10-28-16/h1-6,13H,7-12H2,(H,22,25)(H,23,27). The monoisotopic (exact) mass is 427 g/mol. The normalized spacial score (nSPS) is 14.5. The first-order valence-electron chi connectivity index (χ1n) is 9.63. The lowest BCUT2D eigenvalue weighted by Gasteiger charge is -2.29. The molecule has 8 nitrogen and oxygen atoms in total. The molecule has 0 fully saturated rings. The van der Waals surface area contributed by atoms with Crippen molar-refractivity contribution in [1.29, 1.82) is 0 Å². The quantitative estimate of drug-likeness (QED) is 0.726. The summed E-state index contributed by atoms with van der Waals surface area (Å²) in [6.07, 6.45) is 0.0385. The van der Waals surface area contributed by atoms with Crippen molar-refractivity contribution >= 4 is 35.2 Å². The number of hydrazine groups is 1. The number of carbonyl (C=O) groups excluding carboxylic acids is 3. The van der Waals surface area contributed by atoms with Gasteiger partial charge in [-0.3, -0.25) is 25.2 Å². The second-order valence-electron chi connectivity index (χ2n) is 6.72. The minimum atomic E-state index is -0.478. The van der Waals surface area contributed by atoms with E-state index in [1.165, 1.54) is 0 Å². The van der Waals surface area contributed by atoms with Gasteiger partial charge in [0.2, 0.25) is 11.8 Å². The van der Waals surface area contributed by atoms with Gasteiger partial charge in [0.25, 0.3) is 5.91 Å². The summed E-state index contributed by atoms with van der Waals surface area (Å²) in [5.41, 5.74) is 5.93. The van der Waals surface area contributed by atoms with Crippen LogP contribution in [0.2, 0.25) is 0 Å². The van der Waals surface area contributed by atoms with E-state index in [0.29, 0.717) is 36.8 Å². The molecule has 0 aromatic heterocycles. The number of para-hydroxylation sites is 1. The minimum absolute atomic E-state index is 0.0218. The predicted octanol–water partition coefficient (Wildman–Crippen LogP) is 2.14. The van der Waals surface area contributed by atoms with E-state index in [1.54, 1.807) is 34.9 Å². The van der Waals surface area contributed by atoms with Crippen LogP contribution < -0.4 is 25.2 Å². The van der Waals surface area contributed by atoms with Crippen LogP contribution >= 0.6 is 11.8 Å². The molecule has 0 spiro atoms. The van der Waals surface area contributed by atoms with E-state index in [4.69, 9.17) is 9.47 Å². The van der Waals surface area contributed by atoms with E-state index in [9.17, 15) is 14.4 Å². The van der Waals surface area contributed by atoms with Crippen molar-refractivity contribution < 1.29 is 23.9 Å². The van der Waals surface area contributed by atoms with E-state index >= 15 is 0 Å². The Morgan fingerprint density at radius 3 is 2.63 bits per heavy atom. The summed E-state index contributed by atoms with van der Waals surface area (Å²) in [4.78, 5) is 39.7. The number of benzene rings is 2. The van der Waals surface area contributed by atoms with Crippen molar-refractivity contribution in [2.75, 3.05) is 30.4 Å². The van der Waals surface area contributed by atoms with E-state index in [0.717, 1.165) is 16.3 Å². The fraction of sp³-hybridized carbons (Fsp3) is 0.286. The molecule has 2 aromatic carbocycles. The highest BCUT2D eigenvalue weighted by molar-refractivity contribution is 7.99. The molecule has 156 valence electrons. The number of thioether (sulfide) groups is 1. The second-order valence-corrected chi connectivity index (χ2v) is 7.86. The van der Waals surface area contributed by atoms with Gasteiger partial charge < -0.3 is 14.4 Å². The maximum atomic E-state index is 12.6. The summed E-state index contributed by atoms with van der Waals surface area (Å²) in [6.45, 7) is 1.50. The summed E-state index contributed by atoms with van der Waals surface area (Å²) in [5, 5.41) is 0. The summed E-state index contributed by atoms with van der Waals surface area (Å²) >= 11 is 1.71. The molecule has 0 atom stereocenters. The lowest BCUT2D eigenvalue weighted by molar-refractivity contribution is -0.125. The molecule has 30 heavy (non-hydrogen) atoms. The van der Waals surface area contributed by atoms with Crippen LogP contribution in [0.3, 0.4) is 0 Å². The van der Waals surface area contributed by atoms with Crippen LogP contribution in [-0.4, -0.2) is 43.2 Å². The molecule has 9 heteroatoms. The van der Waals surface area contributed by atoms with E-state index in [1.807, 2.05) is 24.3 Å². The van der Waals surface area contributed by atoms with E-state index < -0.39 is 11.8 Å². The Bertz CT molecular complexity index is 981. The summed E-state index contributed by atoms with van der Waals surface area (Å²) in [5.74, 6) is 0.864. The third-order valence-corrected chi connectivity index (χ3v) is 5.76. The van der Waals surface area contributed by atoms with Crippen molar-refractivity contribution in [3.05, 3.63) is 48.0 Å². The van der Waals surface area contributed by atoms with Gasteiger partial charge in [0, 0.05) is 35.6 Å². The Morgan fingerprint density at radius 1 is 0.967 bits per heavy atom. The Labute approximate surface area is 177 Å². The highest BCUT2D eigenvalue weighted by Crippen LogP contribution is 2.34. The van der Waals surface area contributed by atoms with Gasteiger partial charge in [0.1, 0.15) is 13.2 Å². The van der Waals surface area contributed by atoms with Crippen molar-refractivity contribution in [2.24, 2.45) is 0 Å². The number of carbonyl (C=O) groups is 3. The zero-order chi connectivity index (χ0) is 20.9. The highest BCUT2D eigenvalue weighted by atomic mass is 32.2. The molecule has 0 radical (unpaired) electrons. The number of hydrogen-bond donors (Lipinski definition) is 2. The van der Waals surface area contributed by atoms with Gasteiger partial charge in [-0.05, 0) is 30.3 Å². The fourth-order valence-electron chi connectivity index (χ4n) is 3.23. The molecule has 0 saturated carbocycles.